The molecule has 0 aromatic heterocycles. The first-order valence-electron chi connectivity index (χ1n) is 2.03. The molecule has 1 rings (SSSR count). The van der Waals surface area contributed by atoms with Crippen molar-refractivity contribution in [3.8, 4) is 0 Å². The first-order valence-corrected chi connectivity index (χ1v) is 3.10. The Morgan fingerprint density at radius 1 is 1.14 bits per heavy atom. The molecule has 0 spiro atoms. The maximum atomic E-state index is 9.95. The molecule has 1 saturated carbocycles. The monoisotopic (exact) mass is 126 g/mol. The average Bonchev–Trinajstić information content (AvgIpc) is 2.02. The van der Waals surface area contributed by atoms with Crippen LogP contribution in [0.15, 0.2) is 0 Å². The minimum absolute atomic E-state index is 1.50. The van der Waals surface area contributed by atoms with Gasteiger partial charge in [0, 0.05) is 0 Å². The van der Waals surface area contributed by atoms with Gasteiger partial charge >= 0.3 is 0 Å². The van der Waals surface area contributed by atoms with E-state index in [2.05, 4.69) is 0 Å². The molecule has 0 heterocycles. The molecule has 4 heteroatoms. The topological polar surface area (TPSA) is 34.1 Å². The lowest BCUT2D eigenvalue weighted by Gasteiger charge is -1.36. The molecule has 0 unspecified atom stereocenters. The lowest BCUT2D eigenvalue weighted by Crippen LogP contribution is -1.44. The zero-order valence-corrected chi connectivity index (χ0v) is 4.66. The molecule has 0 aliphatic heterocycles. The van der Waals surface area contributed by atoms with Crippen molar-refractivity contribution >= 4 is 11.1 Å². The van der Waals surface area contributed by atoms with E-state index in [9.17, 15) is 3.89 Å². The lowest BCUT2D eigenvalue weighted by molar-refractivity contribution is 0.576. The number of hydrogen-bond acceptors (Lipinski definition) is 2. The van der Waals surface area contributed by atoms with Gasteiger partial charge in [0.15, 0.2) is 0 Å². The van der Waals surface area contributed by atoms with Gasteiger partial charge in [-0.3, -0.25) is 0 Å². The second kappa shape index (κ2) is 4.05. The fourth-order valence-corrected chi connectivity index (χ4v) is 0. The van der Waals surface area contributed by atoms with Crippen LogP contribution in [0.4, 0.5) is 3.89 Å². The summed E-state index contributed by atoms with van der Waals surface area (Å²) in [5, 5.41) is 0. The van der Waals surface area contributed by atoms with Crippen LogP contribution < -0.4 is 0 Å². The summed E-state index contributed by atoms with van der Waals surface area (Å²) in [6, 6.07) is 0. The van der Waals surface area contributed by atoms with Crippen molar-refractivity contribution in [1.29, 1.82) is 0 Å². The van der Waals surface area contributed by atoms with Gasteiger partial charge in [-0.2, -0.15) is 8.42 Å². The van der Waals surface area contributed by atoms with E-state index >= 15 is 0 Å². The molecule has 1 fully saturated rings. The molecule has 0 aromatic carbocycles. The van der Waals surface area contributed by atoms with E-state index in [1.165, 1.54) is 19.3 Å². The van der Waals surface area contributed by atoms with Gasteiger partial charge in [0.2, 0.25) is 0 Å². The van der Waals surface area contributed by atoms with Crippen molar-refractivity contribution in [1.82, 2.24) is 0 Å². The standard InChI is InChI=1S/C3H6.FHO2S/c1-2-3-1;1-4(2)3/h1-3H2;4H. The Morgan fingerprint density at radius 3 is 1.29 bits per heavy atom. The minimum Gasteiger partial charge on any atom is -0.198 e. The van der Waals surface area contributed by atoms with E-state index < -0.39 is 11.1 Å². The molecule has 1 aliphatic carbocycles. The number of thiol groups is 1. The molecular weight excluding hydrogens is 119 g/mol. The first-order chi connectivity index (χ1) is 3.23. The van der Waals surface area contributed by atoms with E-state index in [4.69, 9.17) is 8.42 Å². The molecule has 0 aromatic rings. The zero-order chi connectivity index (χ0) is 5.70. The second-order valence-electron chi connectivity index (χ2n) is 1.27. The quantitative estimate of drug-likeness (QED) is 0.382. The van der Waals surface area contributed by atoms with Gasteiger partial charge in [0.1, 0.15) is 0 Å². The molecule has 0 radical (unpaired) electrons. The third-order valence-electron chi connectivity index (χ3n) is 0.354. The van der Waals surface area contributed by atoms with Crippen molar-refractivity contribution in [2.45, 2.75) is 19.3 Å². The van der Waals surface area contributed by atoms with E-state index in [1.807, 2.05) is 0 Å². The van der Waals surface area contributed by atoms with Crippen LogP contribution in [0.3, 0.4) is 0 Å². The van der Waals surface area contributed by atoms with Crippen LogP contribution in [0, 0.1) is 0 Å². The van der Waals surface area contributed by atoms with Gasteiger partial charge < -0.3 is 0 Å². The number of hydrogen-bond donors (Lipinski definition) is 1. The number of rotatable bonds is 0. The van der Waals surface area contributed by atoms with Gasteiger partial charge in [0.05, 0.1) is 0 Å². The van der Waals surface area contributed by atoms with Crippen LogP contribution in [-0.2, 0) is 11.1 Å². The number of halogens is 1. The predicted octanol–water partition coefficient (Wildman–Crippen LogP) is 0.653. The first kappa shape index (κ1) is 6.88. The molecular formula is C3H7FO2S. The Balaban J connectivity index is 0.000000105. The van der Waals surface area contributed by atoms with Crippen LogP contribution in [0.2, 0.25) is 0 Å². The highest BCUT2D eigenvalue weighted by atomic mass is 32.2. The van der Waals surface area contributed by atoms with E-state index in [0.717, 1.165) is 0 Å². The van der Waals surface area contributed by atoms with Crippen molar-refractivity contribution in [3.63, 3.8) is 0 Å². The Hall–Kier alpha value is -0.120. The smallest absolute Gasteiger partial charge is 0.198 e. The summed E-state index contributed by atoms with van der Waals surface area (Å²) in [5.41, 5.74) is 0. The van der Waals surface area contributed by atoms with E-state index in [-0.39, 0.29) is 0 Å². The summed E-state index contributed by atoms with van der Waals surface area (Å²) in [5.74, 6) is 0. The SMILES string of the molecule is C1CC1.O=[SH](=O)F. The Morgan fingerprint density at radius 2 is 1.29 bits per heavy atom. The molecule has 44 valence electrons. The second-order valence-corrected chi connectivity index (χ2v) is 1.70. The highest BCUT2D eigenvalue weighted by Crippen LogP contribution is 2.14. The van der Waals surface area contributed by atoms with Gasteiger partial charge in [-0.25, -0.2) is 0 Å². The largest absolute Gasteiger partial charge is 0.292 e. The molecule has 7 heavy (non-hydrogen) atoms. The summed E-state index contributed by atoms with van der Waals surface area (Å²) in [6.07, 6.45) is 4.50. The molecule has 0 saturated heterocycles. The third kappa shape index (κ3) is 114. The van der Waals surface area contributed by atoms with Crippen molar-refractivity contribution < 1.29 is 12.3 Å². The van der Waals surface area contributed by atoms with Crippen LogP contribution >= 0.6 is 0 Å². The van der Waals surface area contributed by atoms with Gasteiger partial charge in [0.25, 0.3) is 11.1 Å². The van der Waals surface area contributed by atoms with Gasteiger partial charge in [-0.05, 0) is 0 Å². The maximum Gasteiger partial charge on any atom is 0.292 e. The average molecular weight is 126 g/mol. The molecule has 0 amide bonds. The molecule has 2 nitrogen and oxygen atoms in total. The van der Waals surface area contributed by atoms with Crippen LogP contribution in [-0.4, -0.2) is 8.42 Å². The third-order valence-corrected chi connectivity index (χ3v) is 0.354. The van der Waals surface area contributed by atoms with Crippen LogP contribution in [0.1, 0.15) is 19.3 Å². The molecule has 1 aliphatic rings. The zero-order valence-electron chi connectivity index (χ0n) is 3.76. The van der Waals surface area contributed by atoms with Gasteiger partial charge in [-0.15, -0.1) is 3.89 Å². The van der Waals surface area contributed by atoms with Crippen molar-refractivity contribution in [3.05, 3.63) is 0 Å². The molecule has 0 bridgehead atoms. The highest BCUT2D eigenvalue weighted by Gasteiger charge is 1.95. The van der Waals surface area contributed by atoms with E-state index in [0.29, 0.717) is 0 Å². The fraction of sp³-hybridized carbons (Fsp3) is 1.00. The van der Waals surface area contributed by atoms with Crippen molar-refractivity contribution in [2.75, 3.05) is 0 Å². The predicted molar refractivity (Wildman–Crippen MR) is 25.3 cm³/mol. The highest BCUT2D eigenvalue weighted by molar-refractivity contribution is 7.66. The normalized spacial score (nSPS) is 15.1. The molecule has 0 atom stereocenters. The van der Waals surface area contributed by atoms with Crippen molar-refractivity contribution in [2.24, 2.45) is 0 Å². The lowest BCUT2D eigenvalue weighted by atomic mass is 11.0. The minimum atomic E-state index is -3.62. The Labute approximate surface area is 43.6 Å². The van der Waals surface area contributed by atoms with Crippen LogP contribution in [0.5, 0.6) is 0 Å². The van der Waals surface area contributed by atoms with Gasteiger partial charge in [-0.1, -0.05) is 19.3 Å². The summed E-state index contributed by atoms with van der Waals surface area (Å²) in [7, 11) is 0. The van der Waals surface area contributed by atoms with E-state index in [1.54, 1.807) is 0 Å². The van der Waals surface area contributed by atoms with Crippen LogP contribution in [0.25, 0.3) is 0 Å². The Bertz CT molecular complexity index is 86.4. The maximum absolute atomic E-state index is 9.95. The molecule has 0 N–H and O–H groups in total. The summed E-state index contributed by atoms with van der Waals surface area (Å²) in [6.45, 7) is 0. The fourth-order valence-electron chi connectivity index (χ4n) is 0. The summed E-state index contributed by atoms with van der Waals surface area (Å²) < 4.78 is 26.7. The summed E-state index contributed by atoms with van der Waals surface area (Å²) >= 11 is -3.62. The summed E-state index contributed by atoms with van der Waals surface area (Å²) in [4.78, 5) is 0. The Kier molecular flexibility index (Phi) is 3.98.